The van der Waals surface area contributed by atoms with Crippen molar-refractivity contribution in [3.05, 3.63) is 24.3 Å². The molecule has 2 atom stereocenters. The third kappa shape index (κ3) is 4.55. The number of hydrogen-bond acceptors (Lipinski definition) is 4. The Balaban J connectivity index is 2.37. The fourth-order valence-corrected chi connectivity index (χ4v) is 1.67. The Hall–Kier alpha value is -1.26. The van der Waals surface area contributed by atoms with Crippen LogP contribution in [0, 0.1) is 0 Å². The molecule has 0 spiro atoms. The summed E-state index contributed by atoms with van der Waals surface area (Å²) >= 11 is 0. The van der Waals surface area contributed by atoms with E-state index in [0.717, 1.165) is 6.42 Å². The van der Waals surface area contributed by atoms with Crippen LogP contribution in [0.5, 0.6) is 5.75 Å². The lowest BCUT2D eigenvalue weighted by atomic mass is 10.2. The molecular formula is C14H24N2O2. The van der Waals surface area contributed by atoms with Gasteiger partial charge in [-0.05, 0) is 32.5 Å². The molecule has 0 heterocycles. The smallest absolute Gasteiger partial charge is 0.142 e. The van der Waals surface area contributed by atoms with Gasteiger partial charge in [0.2, 0.25) is 0 Å². The summed E-state index contributed by atoms with van der Waals surface area (Å²) in [5.74, 6) is 0.628. The number of hydrogen-bond donors (Lipinski definition) is 2. The average molecular weight is 252 g/mol. The van der Waals surface area contributed by atoms with Crippen molar-refractivity contribution in [3.8, 4) is 5.75 Å². The minimum atomic E-state index is -0.511. The van der Waals surface area contributed by atoms with Crippen LogP contribution in [0.1, 0.15) is 20.3 Å². The van der Waals surface area contributed by atoms with Gasteiger partial charge in [0.1, 0.15) is 18.5 Å². The lowest BCUT2D eigenvalue weighted by Crippen LogP contribution is -2.38. The van der Waals surface area contributed by atoms with E-state index in [1.54, 1.807) is 12.1 Å². The lowest BCUT2D eigenvalue weighted by molar-refractivity contribution is 0.0652. The Bertz CT molecular complexity index is 357. The molecule has 1 aromatic rings. The largest absolute Gasteiger partial charge is 0.489 e. The van der Waals surface area contributed by atoms with Gasteiger partial charge in [0.15, 0.2) is 0 Å². The van der Waals surface area contributed by atoms with Gasteiger partial charge in [-0.1, -0.05) is 19.1 Å². The van der Waals surface area contributed by atoms with E-state index in [-0.39, 0.29) is 6.61 Å². The molecule has 2 unspecified atom stereocenters. The van der Waals surface area contributed by atoms with E-state index in [1.807, 2.05) is 19.2 Å². The van der Waals surface area contributed by atoms with Crippen LogP contribution in [0.4, 0.5) is 5.69 Å². The molecule has 0 saturated carbocycles. The third-order valence-electron chi connectivity index (χ3n) is 3.19. The highest BCUT2D eigenvalue weighted by Crippen LogP contribution is 2.19. The SMILES string of the molecule is CCC(C)N(C)CC(O)COc1ccccc1N. The van der Waals surface area contributed by atoms with E-state index in [2.05, 4.69) is 18.7 Å². The fraction of sp³-hybridized carbons (Fsp3) is 0.571. The number of anilines is 1. The summed E-state index contributed by atoms with van der Waals surface area (Å²) in [4.78, 5) is 2.13. The van der Waals surface area contributed by atoms with Gasteiger partial charge in [-0.25, -0.2) is 0 Å². The summed E-state index contributed by atoms with van der Waals surface area (Å²) in [5.41, 5.74) is 6.36. The standard InChI is InChI=1S/C14H24N2O2/c1-4-11(2)16(3)9-12(17)10-18-14-8-6-5-7-13(14)15/h5-8,11-12,17H,4,9-10,15H2,1-3H3. The highest BCUT2D eigenvalue weighted by Gasteiger charge is 2.13. The molecule has 3 N–H and O–H groups in total. The van der Waals surface area contributed by atoms with Gasteiger partial charge in [-0.3, -0.25) is 0 Å². The Morgan fingerprint density at radius 2 is 2.06 bits per heavy atom. The molecular weight excluding hydrogens is 228 g/mol. The van der Waals surface area contributed by atoms with Crippen LogP contribution in [0.15, 0.2) is 24.3 Å². The van der Waals surface area contributed by atoms with Crippen LogP contribution in [-0.2, 0) is 0 Å². The number of benzene rings is 1. The van der Waals surface area contributed by atoms with E-state index in [1.165, 1.54) is 0 Å². The molecule has 0 aliphatic carbocycles. The van der Waals surface area contributed by atoms with Gasteiger partial charge in [0.25, 0.3) is 0 Å². The summed E-state index contributed by atoms with van der Waals surface area (Å²) in [5, 5.41) is 9.91. The number of para-hydroxylation sites is 2. The highest BCUT2D eigenvalue weighted by atomic mass is 16.5. The fourth-order valence-electron chi connectivity index (χ4n) is 1.67. The first-order valence-electron chi connectivity index (χ1n) is 6.40. The summed E-state index contributed by atoms with van der Waals surface area (Å²) in [6.45, 7) is 5.13. The zero-order valence-electron chi connectivity index (χ0n) is 11.5. The number of nitrogens with zero attached hydrogens (tertiary/aromatic N) is 1. The monoisotopic (exact) mass is 252 g/mol. The predicted octanol–water partition coefficient (Wildman–Crippen LogP) is 1.74. The molecule has 18 heavy (non-hydrogen) atoms. The van der Waals surface area contributed by atoms with Gasteiger partial charge in [-0.2, -0.15) is 0 Å². The van der Waals surface area contributed by atoms with Crippen molar-refractivity contribution < 1.29 is 9.84 Å². The first-order chi connectivity index (χ1) is 8.54. The Kier molecular flexibility index (Phi) is 5.95. The van der Waals surface area contributed by atoms with Crippen molar-refractivity contribution in [1.82, 2.24) is 4.90 Å². The average Bonchev–Trinajstić information content (AvgIpc) is 2.36. The van der Waals surface area contributed by atoms with Crippen molar-refractivity contribution in [1.29, 1.82) is 0 Å². The van der Waals surface area contributed by atoms with Crippen LogP contribution in [-0.4, -0.2) is 42.4 Å². The van der Waals surface area contributed by atoms with Crippen molar-refractivity contribution in [2.24, 2.45) is 0 Å². The maximum Gasteiger partial charge on any atom is 0.142 e. The molecule has 0 aliphatic rings. The normalized spacial score (nSPS) is 14.5. The first kappa shape index (κ1) is 14.8. The van der Waals surface area contributed by atoms with Crippen LogP contribution < -0.4 is 10.5 Å². The van der Waals surface area contributed by atoms with Crippen LogP contribution in [0.3, 0.4) is 0 Å². The summed E-state index contributed by atoms with van der Waals surface area (Å²) in [6.07, 6.45) is 0.555. The number of nitrogens with two attached hydrogens (primary N) is 1. The van der Waals surface area contributed by atoms with Crippen molar-refractivity contribution in [2.45, 2.75) is 32.4 Å². The number of likely N-dealkylation sites (N-methyl/N-ethyl adjacent to an activating group) is 1. The van der Waals surface area contributed by atoms with Crippen LogP contribution in [0.2, 0.25) is 0 Å². The third-order valence-corrected chi connectivity index (χ3v) is 3.19. The molecule has 4 heteroatoms. The Morgan fingerprint density at radius 3 is 2.67 bits per heavy atom. The van der Waals surface area contributed by atoms with Crippen molar-refractivity contribution in [2.75, 3.05) is 25.9 Å². The number of ether oxygens (including phenoxy) is 1. The summed E-state index contributed by atoms with van der Waals surface area (Å²) in [7, 11) is 2.01. The van der Waals surface area contributed by atoms with Crippen molar-refractivity contribution in [3.63, 3.8) is 0 Å². The van der Waals surface area contributed by atoms with E-state index < -0.39 is 6.10 Å². The van der Waals surface area contributed by atoms with E-state index in [0.29, 0.717) is 24.0 Å². The number of aliphatic hydroxyl groups excluding tert-OH is 1. The molecule has 0 bridgehead atoms. The second kappa shape index (κ2) is 7.24. The minimum absolute atomic E-state index is 0.259. The first-order valence-corrected chi connectivity index (χ1v) is 6.40. The van der Waals surface area contributed by atoms with Crippen LogP contribution in [0.25, 0.3) is 0 Å². The van der Waals surface area contributed by atoms with E-state index in [9.17, 15) is 5.11 Å². The highest BCUT2D eigenvalue weighted by molar-refractivity contribution is 5.51. The summed E-state index contributed by atoms with van der Waals surface area (Å²) in [6, 6.07) is 7.77. The van der Waals surface area contributed by atoms with Gasteiger partial charge >= 0.3 is 0 Å². The zero-order valence-corrected chi connectivity index (χ0v) is 11.5. The molecule has 1 aromatic carbocycles. The molecule has 4 nitrogen and oxygen atoms in total. The Labute approximate surface area is 109 Å². The van der Waals surface area contributed by atoms with Crippen LogP contribution >= 0.6 is 0 Å². The summed E-state index contributed by atoms with van der Waals surface area (Å²) < 4.78 is 5.51. The minimum Gasteiger partial charge on any atom is -0.489 e. The number of aliphatic hydroxyl groups is 1. The van der Waals surface area contributed by atoms with Gasteiger partial charge in [0.05, 0.1) is 5.69 Å². The molecule has 0 saturated heterocycles. The maximum absolute atomic E-state index is 9.91. The molecule has 0 aromatic heterocycles. The molecule has 0 aliphatic heterocycles. The molecule has 0 radical (unpaired) electrons. The van der Waals surface area contributed by atoms with Gasteiger partial charge in [-0.15, -0.1) is 0 Å². The van der Waals surface area contributed by atoms with Gasteiger partial charge < -0.3 is 20.5 Å². The molecule has 102 valence electrons. The topological polar surface area (TPSA) is 58.7 Å². The molecule has 0 amide bonds. The molecule has 0 fully saturated rings. The zero-order chi connectivity index (χ0) is 13.5. The van der Waals surface area contributed by atoms with E-state index >= 15 is 0 Å². The van der Waals surface area contributed by atoms with Gasteiger partial charge in [0, 0.05) is 12.6 Å². The Morgan fingerprint density at radius 1 is 1.39 bits per heavy atom. The molecule has 1 rings (SSSR count). The second-order valence-corrected chi connectivity index (χ2v) is 4.70. The number of nitrogen functional groups attached to an aromatic ring is 1. The number of rotatable bonds is 7. The predicted molar refractivity (Wildman–Crippen MR) is 74.7 cm³/mol. The maximum atomic E-state index is 9.91. The quantitative estimate of drug-likeness (QED) is 0.726. The second-order valence-electron chi connectivity index (χ2n) is 4.70. The van der Waals surface area contributed by atoms with E-state index in [4.69, 9.17) is 10.5 Å². The van der Waals surface area contributed by atoms with Crippen molar-refractivity contribution >= 4 is 5.69 Å². The lowest BCUT2D eigenvalue weighted by Gasteiger charge is -2.26.